The minimum atomic E-state index is 0.0194. The lowest BCUT2D eigenvalue weighted by atomic mass is 10.2. The number of hydrogen-bond acceptors (Lipinski definition) is 5. The zero-order valence-corrected chi connectivity index (χ0v) is 16.5. The SMILES string of the molecule is Cc1cn(C)nc1C(=O)N1CCN(c2nc3ccc(Br)cc3s2)CC1. The number of fused-ring (bicyclic) bond motifs is 1. The van der Waals surface area contributed by atoms with E-state index in [9.17, 15) is 4.79 Å². The number of carbonyl (C=O) groups excluding carboxylic acids is 1. The van der Waals surface area contributed by atoms with E-state index in [1.165, 1.54) is 4.70 Å². The van der Waals surface area contributed by atoms with Crippen molar-refractivity contribution in [2.45, 2.75) is 6.92 Å². The molecule has 0 atom stereocenters. The number of anilines is 1. The van der Waals surface area contributed by atoms with Gasteiger partial charge >= 0.3 is 0 Å². The van der Waals surface area contributed by atoms with Gasteiger partial charge in [-0.15, -0.1) is 0 Å². The van der Waals surface area contributed by atoms with E-state index in [-0.39, 0.29) is 5.91 Å². The Kier molecular flexibility index (Phi) is 4.24. The molecule has 4 rings (SSSR count). The van der Waals surface area contributed by atoms with Gasteiger partial charge in [0.2, 0.25) is 0 Å². The van der Waals surface area contributed by atoms with Crippen LogP contribution in [0.4, 0.5) is 5.13 Å². The summed E-state index contributed by atoms with van der Waals surface area (Å²) in [5.74, 6) is 0.0194. The van der Waals surface area contributed by atoms with Crippen molar-refractivity contribution in [1.82, 2.24) is 19.7 Å². The molecular weight excluding hydrogens is 402 g/mol. The number of aromatic nitrogens is 3. The standard InChI is InChI=1S/C17H18BrN5OS/c1-11-10-21(2)20-15(11)16(24)22-5-7-23(8-6-22)17-19-13-4-3-12(18)9-14(13)25-17/h3-4,9-10H,5-8H2,1-2H3. The fourth-order valence-electron chi connectivity index (χ4n) is 3.09. The Morgan fingerprint density at radius 3 is 2.68 bits per heavy atom. The number of aryl methyl sites for hydroxylation is 2. The minimum Gasteiger partial charge on any atom is -0.345 e. The summed E-state index contributed by atoms with van der Waals surface area (Å²) in [7, 11) is 1.84. The molecule has 3 heterocycles. The van der Waals surface area contributed by atoms with Crippen molar-refractivity contribution in [2.24, 2.45) is 7.05 Å². The first-order chi connectivity index (χ1) is 12.0. The highest BCUT2D eigenvalue weighted by atomic mass is 79.9. The van der Waals surface area contributed by atoms with E-state index in [0.717, 1.165) is 33.8 Å². The molecule has 1 fully saturated rings. The fourth-order valence-corrected chi connectivity index (χ4v) is 4.66. The molecule has 1 saturated heterocycles. The van der Waals surface area contributed by atoms with Gasteiger partial charge < -0.3 is 9.80 Å². The molecule has 3 aromatic rings. The van der Waals surface area contributed by atoms with Crippen molar-refractivity contribution in [3.05, 3.63) is 40.1 Å². The van der Waals surface area contributed by atoms with Crippen LogP contribution in [0.2, 0.25) is 0 Å². The average molecular weight is 420 g/mol. The quantitative estimate of drug-likeness (QED) is 0.640. The van der Waals surface area contributed by atoms with Crippen LogP contribution in [0.25, 0.3) is 10.2 Å². The molecular formula is C17H18BrN5OS. The number of hydrogen-bond donors (Lipinski definition) is 0. The monoisotopic (exact) mass is 419 g/mol. The summed E-state index contributed by atoms with van der Waals surface area (Å²) < 4.78 is 3.93. The third-order valence-electron chi connectivity index (χ3n) is 4.39. The van der Waals surface area contributed by atoms with Gasteiger partial charge in [-0.05, 0) is 25.1 Å². The summed E-state index contributed by atoms with van der Waals surface area (Å²) in [6, 6.07) is 6.14. The Morgan fingerprint density at radius 1 is 1.24 bits per heavy atom. The van der Waals surface area contributed by atoms with Gasteiger partial charge in [-0.2, -0.15) is 5.10 Å². The Hall–Kier alpha value is -1.93. The molecule has 0 saturated carbocycles. The molecule has 1 amide bonds. The molecule has 6 nitrogen and oxygen atoms in total. The highest BCUT2D eigenvalue weighted by molar-refractivity contribution is 9.10. The molecule has 0 unspecified atom stereocenters. The largest absolute Gasteiger partial charge is 0.345 e. The molecule has 130 valence electrons. The van der Waals surface area contributed by atoms with E-state index in [1.807, 2.05) is 37.2 Å². The third-order valence-corrected chi connectivity index (χ3v) is 5.96. The van der Waals surface area contributed by atoms with Gasteiger partial charge in [0, 0.05) is 49.5 Å². The predicted octanol–water partition coefficient (Wildman–Crippen LogP) is 3.06. The number of rotatable bonds is 2. The van der Waals surface area contributed by atoms with Crippen molar-refractivity contribution in [2.75, 3.05) is 31.1 Å². The average Bonchev–Trinajstić information content (AvgIpc) is 3.16. The molecule has 8 heteroatoms. The number of halogens is 1. The summed E-state index contributed by atoms with van der Waals surface area (Å²) in [4.78, 5) is 21.5. The van der Waals surface area contributed by atoms with Crippen LogP contribution in [-0.4, -0.2) is 51.8 Å². The first-order valence-electron chi connectivity index (χ1n) is 8.12. The molecule has 1 aromatic carbocycles. The second-order valence-electron chi connectivity index (χ2n) is 6.22. The predicted molar refractivity (Wildman–Crippen MR) is 103 cm³/mol. The van der Waals surface area contributed by atoms with Crippen LogP contribution in [0.15, 0.2) is 28.9 Å². The lowest BCUT2D eigenvalue weighted by Crippen LogP contribution is -2.49. The second kappa shape index (κ2) is 6.42. The number of piperazine rings is 1. The number of carbonyl (C=O) groups is 1. The normalized spacial score (nSPS) is 15.2. The number of thiazole rings is 1. The molecule has 1 aliphatic rings. The lowest BCUT2D eigenvalue weighted by Gasteiger charge is -2.34. The summed E-state index contributed by atoms with van der Waals surface area (Å²) >= 11 is 5.20. The van der Waals surface area contributed by atoms with Gasteiger partial charge in [-0.1, -0.05) is 27.3 Å². The highest BCUT2D eigenvalue weighted by Crippen LogP contribution is 2.31. The van der Waals surface area contributed by atoms with Crippen molar-refractivity contribution in [3.63, 3.8) is 0 Å². The molecule has 0 spiro atoms. The van der Waals surface area contributed by atoms with Crippen LogP contribution in [0.3, 0.4) is 0 Å². The van der Waals surface area contributed by atoms with E-state index in [1.54, 1.807) is 16.0 Å². The van der Waals surface area contributed by atoms with Gasteiger partial charge in [0.05, 0.1) is 10.2 Å². The molecule has 2 aromatic heterocycles. The van der Waals surface area contributed by atoms with E-state index < -0.39 is 0 Å². The number of amides is 1. The molecule has 0 aliphatic carbocycles. The van der Waals surface area contributed by atoms with Crippen molar-refractivity contribution < 1.29 is 4.79 Å². The van der Waals surface area contributed by atoms with Crippen LogP contribution in [0, 0.1) is 6.92 Å². The maximum atomic E-state index is 12.7. The van der Waals surface area contributed by atoms with Crippen molar-refractivity contribution in [1.29, 1.82) is 0 Å². The molecule has 0 N–H and O–H groups in total. The van der Waals surface area contributed by atoms with E-state index in [2.05, 4.69) is 32.0 Å². The van der Waals surface area contributed by atoms with Crippen LogP contribution in [0.1, 0.15) is 16.1 Å². The van der Waals surface area contributed by atoms with Crippen LogP contribution < -0.4 is 4.90 Å². The number of benzene rings is 1. The minimum absolute atomic E-state index is 0.0194. The van der Waals surface area contributed by atoms with E-state index in [0.29, 0.717) is 18.8 Å². The zero-order chi connectivity index (χ0) is 17.6. The lowest BCUT2D eigenvalue weighted by molar-refractivity contribution is 0.0739. The van der Waals surface area contributed by atoms with E-state index in [4.69, 9.17) is 4.98 Å². The Balaban J connectivity index is 1.47. The van der Waals surface area contributed by atoms with Crippen LogP contribution in [-0.2, 0) is 7.05 Å². The van der Waals surface area contributed by atoms with Gasteiger partial charge in [0.15, 0.2) is 10.8 Å². The summed E-state index contributed by atoms with van der Waals surface area (Å²) in [5, 5.41) is 5.32. The third kappa shape index (κ3) is 3.16. The summed E-state index contributed by atoms with van der Waals surface area (Å²) in [6.45, 7) is 4.88. The van der Waals surface area contributed by atoms with Crippen LogP contribution in [0.5, 0.6) is 0 Å². The Morgan fingerprint density at radius 2 is 2.00 bits per heavy atom. The molecule has 0 radical (unpaired) electrons. The van der Waals surface area contributed by atoms with Gasteiger partial charge in [-0.3, -0.25) is 9.48 Å². The number of nitrogens with zero attached hydrogens (tertiary/aromatic N) is 5. The first-order valence-corrected chi connectivity index (χ1v) is 9.73. The maximum Gasteiger partial charge on any atom is 0.274 e. The van der Waals surface area contributed by atoms with Crippen LogP contribution >= 0.6 is 27.3 Å². The van der Waals surface area contributed by atoms with Gasteiger partial charge in [0.25, 0.3) is 5.91 Å². The topological polar surface area (TPSA) is 54.3 Å². The molecule has 1 aliphatic heterocycles. The van der Waals surface area contributed by atoms with E-state index >= 15 is 0 Å². The Bertz CT molecular complexity index is 942. The zero-order valence-electron chi connectivity index (χ0n) is 14.1. The van der Waals surface area contributed by atoms with Gasteiger partial charge in [-0.25, -0.2) is 4.98 Å². The molecule has 0 bridgehead atoms. The van der Waals surface area contributed by atoms with Gasteiger partial charge in [0.1, 0.15) is 0 Å². The first kappa shape index (κ1) is 16.5. The second-order valence-corrected chi connectivity index (χ2v) is 8.15. The smallest absolute Gasteiger partial charge is 0.274 e. The van der Waals surface area contributed by atoms with Crippen molar-refractivity contribution >= 4 is 48.5 Å². The Labute approximate surface area is 158 Å². The highest BCUT2D eigenvalue weighted by Gasteiger charge is 2.26. The molecule has 25 heavy (non-hydrogen) atoms. The summed E-state index contributed by atoms with van der Waals surface area (Å²) in [5.41, 5.74) is 2.50. The maximum absolute atomic E-state index is 12.7. The fraction of sp³-hybridized carbons (Fsp3) is 0.353. The summed E-state index contributed by atoms with van der Waals surface area (Å²) in [6.07, 6.45) is 1.88. The van der Waals surface area contributed by atoms with Crippen molar-refractivity contribution in [3.8, 4) is 0 Å².